The molecule has 1 saturated heterocycles. The van der Waals surface area contributed by atoms with E-state index < -0.39 is 17.1 Å². The van der Waals surface area contributed by atoms with Gasteiger partial charge < -0.3 is 5.32 Å². The summed E-state index contributed by atoms with van der Waals surface area (Å²) in [5.41, 5.74) is 3.76. The smallest absolute Gasteiger partial charge is 0.294 e. The van der Waals surface area contributed by atoms with Crippen LogP contribution in [-0.2, 0) is 16.0 Å². The zero-order valence-corrected chi connectivity index (χ0v) is 16.0. The Morgan fingerprint density at radius 3 is 2.37 bits per heavy atom. The Kier molecular flexibility index (Phi) is 5.76. The van der Waals surface area contributed by atoms with Crippen LogP contribution in [0.1, 0.15) is 23.6 Å². The molecule has 1 fully saturated rings. The molecule has 0 atom stereocenters. The van der Waals surface area contributed by atoms with Crippen LogP contribution < -0.4 is 5.32 Å². The van der Waals surface area contributed by atoms with Gasteiger partial charge in [-0.15, -0.1) is 0 Å². The fraction of sp³-hybridized carbons (Fsp3) is 0.190. The third-order valence-electron chi connectivity index (χ3n) is 4.20. The maximum absolute atomic E-state index is 12.5. The lowest BCUT2D eigenvalue weighted by molar-refractivity contribution is -0.127. The third kappa shape index (κ3) is 4.65. The van der Waals surface area contributed by atoms with Gasteiger partial charge >= 0.3 is 0 Å². The van der Waals surface area contributed by atoms with Crippen molar-refractivity contribution in [2.75, 3.05) is 11.9 Å². The van der Waals surface area contributed by atoms with Crippen molar-refractivity contribution in [2.45, 2.75) is 20.3 Å². The molecule has 3 amide bonds. The normalized spacial score (nSPS) is 15.5. The Balaban J connectivity index is 1.67. The van der Waals surface area contributed by atoms with Crippen LogP contribution in [0, 0.1) is 6.92 Å². The lowest BCUT2D eigenvalue weighted by Gasteiger charge is -2.12. The van der Waals surface area contributed by atoms with E-state index >= 15 is 0 Å². The summed E-state index contributed by atoms with van der Waals surface area (Å²) in [6.07, 6.45) is 2.62. The number of carbonyl (C=O) groups excluding carboxylic acids is 3. The van der Waals surface area contributed by atoms with Crippen molar-refractivity contribution in [3.8, 4) is 0 Å². The minimum Gasteiger partial charge on any atom is -0.325 e. The summed E-state index contributed by atoms with van der Waals surface area (Å²) in [7, 11) is 0. The van der Waals surface area contributed by atoms with Crippen molar-refractivity contribution in [3.63, 3.8) is 0 Å². The maximum Gasteiger partial charge on any atom is 0.294 e. The first-order chi connectivity index (χ1) is 13.0. The molecule has 0 spiro atoms. The van der Waals surface area contributed by atoms with Crippen molar-refractivity contribution in [1.82, 2.24) is 4.90 Å². The van der Waals surface area contributed by atoms with E-state index in [1.54, 1.807) is 18.2 Å². The molecule has 6 heteroatoms. The second-order valence-corrected chi connectivity index (χ2v) is 7.27. The molecule has 1 aliphatic rings. The second-order valence-electron chi connectivity index (χ2n) is 6.28. The second kappa shape index (κ2) is 8.22. The highest BCUT2D eigenvalue weighted by atomic mass is 32.2. The number of thioether (sulfide) groups is 1. The van der Waals surface area contributed by atoms with Gasteiger partial charge in [0, 0.05) is 5.69 Å². The number of nitrogens with one attached hydrogen (secondary N) is 1. The molecule has 0 saturated carbocycles. The largest absolute Gasteiger partial charge is 0.325 e. The zero-order chi connectivity index (χ0) is 19.4. The molecule has 2 aromatic rings. The fourth-order valence-corrected chi connectivity index (χ4v) is 3.46. The molecule has 0 aromatic heterocycles. The molecule has 1 N–H and O–H groups in total. The number of anilines is 1. The average molecular weight is 380 g/mol. The molecule has 0 aliphatic carbocycles. The first-order valence-electron chi connectivity index (χ1n) is 8.67. The number of nitrogens with zero attached hydrogens (tertiary/aromatic N) is 1. The number of rotatable bonds is 5. The van der Waals surface area contributed by atoms with Gasteiger partial charge in [-0.25, -0.2) is 0 Å². The van der Waals surface area contributed by atoms with E-state index in [2.05, 4.69) is 12.2 Å². The molecular weight excluding hydrogens is 360 g/mol. The molecule has 27 heavy (non-hydrogen) atoms. The van der Waals surface area contributed by atoms with Gasteiger partial charge in [-0.3, -0.25) is 19.3 Å². The predicted octanol–water partition coefficient (Wildman–Crippen LogP) is 4.23. The summed E-state index contributed by atoms with van der Waals surface area (Å²) in [6, 6.07) is 15.1. The topological polar surface area (TPSA) is 66.5 Å². The first-order valence-corrected chi connectivity index (χ1v) is 9.48. The molecule has 1 heterocycles. The predicted molar refractivity (Wildman–Crippen MR) is 108 cm³/mol. The van der Waals surface area contributed by atoms with Crippen molar-refractivity contribution < 1.29 is 14.4 Å². The van der Waals surface area contributed by atoms with Crippen molar-refractivity contribution in [1.29, 1.82) is 0 Å². The summed E-state index contributed by atoms with van der Waals surface area (Å²) < 4.78 is 0. The summed E-state index contributed by atoms with van der Waals surface area (Å²) >= 11 is 0.855. The van der Waals surface area contributed by atoms with Crippen LogP contribution >= 0.6 is 11.8 Å². The van der Waals surface area contributed by atoms with Crippen molar-refractivity contribution >= 4 is 40.6 Å². The van der Waals surface area contributed by atoms with Crippen LogP contribution in [0.15, 0.2) is 53.4 Å². The molecule has 0 bridgehead atoms. The van der Waals surface area contributed by atoms with Crippen LogP contribution in [0.25, 0.3) is 6.08 Å². The van der Waals surface area contributed by atoms with Crippen LogP contribution in [-0.4, -0.2) is 28.5 Å². The van der Waals surface area contributed by atoms with E-state index in [1.807, 2.05) is 43.3 Å². The molecular formula is C21H20N2O3S. The van der Waals surface area contributed by atoms with E-state index in [1.165, 1.54) is 5.56 Å². The highest BCUT2D eigenvalue weighted by Crippen LogP contribution is 2.32. The highest BCUT2D eigenvalue weighted by Gasteiger charge is 2.36. The Morgan fingerprint density at radius 1 is 1.07 bits per heavy atom. The number of hydrogen-bond acceptors (Lipinski definition) is 4. The van der Waals surface area contributed by atoms with Crippen LogP contribution in [0.4, 0.5) is 10.5 Å². The lowest BCUT2D eigenvalue weighted by Crippen LogP contribution is -2.36. The Morgan fingerprint density at radius 2 is 1.74 bits per heavy atom. The number of carbonyl (C=O) groups is 3. The first kappa shape index (κ1) is 18.9. The van der Waals surface area contributed by atoms with Crippen LogP contribution in [0.3, 0.4) is 0 Å². The van der Waals surface area contributed by atoms with Gasteiger partial charge in [0.05, 0.1) is 4.91 Å². The van der Waals surface area contributed by atoms with E-state index in [0.29, 0.717) is 10.6 Å². The number of amides is 3. The van der Waals surface area contributed by atoms with E-state index in [9.17, 15) is 14.4 Å². The fourth-order valence-electron chi connectivity index (χ4n) is 2.62. The number of imide groups is 1. The summed E-state index contributed by atoms with van der Waals surface area (Å²) in [4.78, 5) is 38.2. The third-order valence-corrected chi connectivity index (χ3v) is 5.10. The van der Waals surface area contributed by atoms with Gasteiger partial charge in [-0.05, 0) is 54.4 Å². The quantitative estimate of drug-likeness (QED) is 0.788. The highest BCUT2D eigenvalue weighted by molar-refractivity contribution is 8.18. The minimum absolute atomic E-state index is 0.301. The van der Waals surface area contributed by atoms with E-state index in [0.717, 1.165) is 34.2 Å². The van der Waals surface area contributed by atoms with Crippen molar-refractivity contribution in [3.05, 3.63) is 70.1 Å². The molecule has 0 radical (unpaired) electrons. The molecule has 0 unspecified atom stereocenters. The van der Waals surface area contributed by atoms with Gasteiger partial charge in [0.1, 0.15) is 6.54 Å². The Bertz CT molecular complexity index is 902. The molecule has 138 valence electrons. The molecule has 3 rings (SSSR count). The van der Waals surface area contributed by atoms with Crippen molar-refractivity contribution in [2.24, 2.45) is 0 Å². The monoisotopic (exact) mass is 380 g/mol. The SMILES string of the molecule is CCc1ccc(/C=C2\SC(=O)N(CC(=O)Nc3ccc(C)cc3)C2=O)cc1. The van der Waals surface area contributed by atoms with Crippen LogP contribution in [0.5, 0.6) is 0 Å². The number of hydrogen-bond donors (Lipinski definition) is 1. The van der Waals surface area contributed by atoms with Gasteiger partial charge in [0.15, 0.2) is 0 Å². The van der Waals surface area contributed by atoms with Crippen LogP contribution in [0.2, 0.25) is 0 Å². The van der Waals surface area contributed by atoms with E-state index in [4.69, 9.17) is 0 Å². The Hall–Kier alpha value is -2.86. The average Bonchev–Trinajstić information content (AvgIpc) is 2.91. The summed E-state index contributed by atoms with van der Waals surface area (Å²) in [5, 5.41) is 2.27. The lowest BCUT2D eigenvalue weighted by atomic mass is 10.1. The van der Waals surface area contributed by atoms with Gasteiger partial charge in [0.2, 0.25) is 5.91 Å². The standard InChI is InChI=1S/C21H20N2O3S/c1-3-15-6-8-16(9-7-15)12-18-20(25)23(21(26)27-18)13-19(24)22-17-10-4-14(2)5-11-17/h4-12H,3,13H2,1-2H3,(H,22,24)/b18-12-. The number of benzene rings is 2. The summed E-state index contributed by atoms with van der Waals surface area (Å²) in [6.45, 7) is 3.72. The molecule has 1 aliphatic heterocycles. The maximum atomic E-state index is 12.5. The zero-order valence-electron chi connectivity index (χ0n) is 15.2. The Labute approximate surface area is 162 Å². The molecule has 5 nitrogen and oxygen atoms in total. The van der Waals surface area contributed by atoms with Gasteiger partial charge in [0.25, 0.3) is 11.1 Å². The molecule has 2 aromatic carbocycles. The van der Waals surface area contributed by atoms with Gasteiger partial charge in [-0.2, -0.15) is 0 Å². The van der Waals surface area contributed by atoms with E-state index in [-0.39, 0.29) is 6.54 Å². The minimum atomic E-state index is -0.441. The number of aryl methyl sites for hydroxylation is 2. The summed E-state index contributed by atoms with van der Waals surface area (Å²) in [5.74, 6) is -0.849. The van der Waals surface area contributed by atoms with Gasteiger partial charge in [-0.1, -0.05) is 48.9 Å².